The molecule has 0 bridgehead atoms. The zero-order chi connectivity index (χ0) is 12.0. The van der Waals surface area contributed by atoms with Crippen LogP contribution in [0.3, 0.4) is 0 Å². The van der Waals surface area contributed by atoms with Crippen molar-refractivity contribution in [2.75, 3.05) is 19.5 Å². The van der Waals surface area contributed by atoms with E-state index in [9.17, 15) is 0 Å². The minimum absolute atomic E-state index is 0.523. The molecule has 0 aliphatic heterocycles. The van der Waals surface area contributed by atoms with E-state index in [0.29, 0.717) is 6.54 Å². The van der Waals surface area contributed by atoms with Crippen LogP contribution in [0.1, 0.15) is 23.2 Å². The number of aryl methyl sites for hydroxylation is 1. The Hall–Kier alpha value is -0.650. The van der Waals surface area contributed by atoms with Crippen LogP contribution in [-0.2, 0) is 11.3 Å². The summed E-state index contributed by atoms with van der Waals surface area (Å²) in [4.78, 5) is 0. The smallest absolute Gasteiger partial charge is 0.124 e. The van der Waals surface area contributed by atoms with E-state index in [1.54, 1.807) is 18.9 Å². The molecule has 1 heterocycles. The van der Waals surface area contributed by atoms with E-state index < -0.39 is 0 Å². The van der Waals surface area contributed by atoms with Crippen LogP contribution in [0, 0.1) is 13.8 Å². The number of hydrogen-bond donors (Lipinski definition) is 1. The fourth-order valence-electron chi connectivity index (χ4n) is 1.36. The Kier molecular flexibility index (Phi) is 5.73. The monoisotopic (exact) mass is 241 g/mol. The van der Waals surface area contributed by atoms with Crippen molar-refractivity contribution in [1.29, 1.82) is 0 Å². The summed E-state index contributed by atoms with van der Waals surface area (Å²) in [5.41, 5.74) is 8.98. The van der Waals surface area contributed by atoms with Crippen molar-refractivity contribution >= 4 is 11.8 Å². The molecule has 1 aromatic rings. The number of nitrogens with two attached hydrogens (primary N) is 1. The fourth-order valence-corrected chi connectivity index (χ4v) is 2.33. The molecule has 2 N–H and O–H groups in total. The zero-order valence-electron chi connectivity index (χ0n) is 10.1. The maximum absolute atomic E-state index is 5.74. The van der Waals surface area contributed by atoms with Gasteiger partial charge in [0.25, 0.3) is 0 Å². The second-order valence-corrected chi connectivity index (χ2v) is 4.68. The van der Waals surface area contributed by atoms with Gasteiger partial charge in [-0.1, -0.05) is 0 Å². The van der Waals surface area contributed by atoms with Crippen LogP contribution < -0.4 is 5.73 Å². The average molecular weight is 241 g/mol. The Morgan fingerprint density at radius 3 is 2.69 bits per heavy atom. The van der Waals surface area contributed by atoms with Gasteiger partial charge in [-0.15, -0.1) is 16.9 Å². The molecule has 0 spiro atoms. The first-order valence-electron chi connectivity index (χ1n) is 5.35. The summed E-state index contributed by atoms with van der Waals surface area (Å²) in [6.07, 6.45) is 1.01. The average Bonchev–Trinajstić information content (AvgIpc) is 2.29. The van der Waals surface area contributed by atoms with Crippen molar-refractivity contribution in [3.63, 3.8) is 0 Å². The quantitative estimate of drug-likeness (QED) is 0.606. The molecule has 0 amide bonds. The van der Waals surface area contributed by atoms with Crippen LogP contribution in [0.2, 0.25) is 0 Å². The Morgan fingerprint density at radius 2 is 2.06 bits per heavy atom. The number of hydrogen-bond acceptors (Lipinski definition) is 5. The van der Waals surface area contributed by atoms with Gasteiger partial charge >= 0.3 is 0 Å². The van der Waals surface area contributed by atoms with E-state index in [2.05, 4.69) is 10.2 Å². The number of methoxy groups -OCH3 is 1. The number of nitrogens with zero attached hydrogens (tertiary/aromatic N) is 2. The minimum Gasteiger partial charge on any atom is -0.385 e. The largest absolute Gasteiger partial charge is 0.385 e. The molecule has 0 radical (unpaired) electrons. The third kappa shape index (κ3) is 3.43. The van der Waals surface area contributed by atoms with E-state index in [-0.39, 0.29) is 0 Å². The second-order valence-electron chi connectivity index (χ2n) is 3.59. The van der Waals surface area contributed by atoms with Crippen LogP contribution in [0.15, 0.2) is 5.03 Å². The first kappa shape index (κ1) is 13.4. The van der Waals surface area contributed by atoms with Gasteiger partial charge in [-0.2, -0.15) is 5.10 Å². The normalized spacial score (nSPS) is 10.8. The molecule has 0 fully saturated rings. The second kappa shape index (κ2) is 6.83. The molecule has 0 saturated carbocycles. The summed E-state index contributed by atoms with van der Waals surface area (Å²) in [6.45, 7) is 5.31. The molecule has 0 aromatic carbocycles. The van der Waals surface area contributed by atoms with Gasteiger partial charge < -0.3 is 10.5 Å². The molecule has 90 valence electrons. The first-order chi connectivity index (χ1) is 7.70. The standard InChI is InChI=1S/C11H19N3OS/c1-8-9(2)13-14-11(10(8)7-12)16-6-4-5-15-3/h4-7,12H2,1-3H3. The maximum Gasteiger partial charge on any atom is 0.124 e. The van der Waals surface area contributed by atoms with Crippen LogP contribution in [0.5, 0.6) is 0 Å². The molecule has 1 rings (SSSR count). The van der Waals surface area contributed by atoms with Gasteiger partial charge in [-0.05, 0) is 25.8 Å². The van der Waals surface area contributed by atoms with Gasteiger partial charge in [0.2, 0.25) is 0 Å². The van der Waals surface area contributed by atoms with Crippen molar-refractivity contribution in [2.24, 2.45) is 5.73 Å². The molecule has 0 saturated heterocycles. The molecule has 0 aliphatic rings. The molecular weight excluding hydrogens is 222 g/mol. The van der Waals surface area contributed by atoms with Crippen molar-refractivity contribution in [3.05, 3.63) is 16.8 Å². The minimum atomic E-state index is 0.523. The first-order valence-corrected chi connectivity index (χ1v) is 6.33. The van der Waals surface area contributed by atoms with E-state index >= 15 is 0 Å². The highest BCUT2D eigenvalue weighted by atomic mass is 32.2. The highest BCUT2D eigenvalue weighted by molar-refractivity contribution is 7.99. The Morgan fingerprint density at radius 1 is 1.31 bits per heavy atom. The van der Waals surface area contributed by atoms with Crippen molar-refractivity contribution in [1.82, 2.24) is 10.2 Å². The lowest BCUT2D eigenvalue weighted by atomic mass is 10.1. The summed E-state index contributed by atoms with van der Waals surface area (Å²) in [5.74, 6) is 0.984. The summed E-state index contributed by atoms with van der Waals surface area (Å²) < 4.78 is 5.01. The van der Waals surface area contributed by atoms with E-state index in [4.69, 9.17) is 10.5 Å². The van der Waals surface area contributed by atoms with Gasteiger partial charge in [0.15, 0.2) is 0 Å². The molecule has 5 heteroatoms. The maximum atomic E-state index is 5.74. The third-order valence-electron chi connectivity index (χ3n) is 2.48. The van der Waals surface area contributed by atoms with Crippen molar-refractivity contribution in [2.45, 2.75) is 31.8 Å². The van der Waals surface area contributed by atoms with E-state index in [1.807, 2.05) is 13.8 Å². The highest BCUT2D eigenvalue weighted by Crippen LogP contribution is 2.23. The van der Waals surface area contributed by atoms with Crippen LogP contribution in [-0.4, -0.2) is 29.7 Å². The third-order valence-corrected chi connectivity index (χ3v) is 3.57. The SMILES string of the molecule is COCCCSc1nnc(C)c(C)c1CN. The number of rotatable bonds is 6. The predicted octanol–water partition coefficient (Wildman–Crippen LogP) is 1.68. The van der Waals surface area contributed by atoms with Crippen LogP contribution in [0.25, 0.3) is 0 Å². The molecular formula is C11H19N3OS. The highest BCUT2D eigenvalue weighted by Gasteiger charge is 2.09. The van der Waals surface area contributed by atoms with Gasteiger partial charge in [0, 0.05) is 31.6 Å². The topological polar surface area (TPSA) is 61.0 Å². The Labute approximate surface area is 101 Å². The molecule has 4 nitrogen and oxygen atoms in total. The Balaban J connectivity index is 2.68. The predicted molar refractivity (Wildman–Crippen MR) is 66.6 cm³/mol. The van der Waals surface area contributed by atoms with Gasteiger partial charge in [-0.3, -0.25) is 0 Å². The lowest BCUT2D eigenvalue weighted by Crippen LogP contribution is -2.07. The molecule has 0 aliphatic carbocycles. The van der Waals surface area contributed by atoms with Crippen LogP contribution in [0.4, 0.5) is 0 Å². The summed E-state index contributed by atoms with van der Waals surface area (Å²) >= 11 is 1.70. The van der Waals surface area contributed by atoms with Crippen molar-refractivity contribution in [3.8, 4) is 0 Å². The van der Waals surface area contributed by atoms with Gasteiger partial charge in [-0.25, -0.2) is 0 Å². The summed E-state index contributed by atoms with van der Waals surface area (Å²) in [5, 5.41) is 9.29. The van der Waals surface area contributed by atoms with Gasteiger partial charge in [0.1, 0.15) is 5.03 Å². The lowest BCUT2D eigenvalue weighted by molar-refractivity contribution is 0.200. The molecule has 0 atom stereocenters. The summed E-state index contributed by atoms with van der Waals surface area (Å²) in [7, 11) is 1.71. The van der Waals surface area contributed by atoms with Crippen LogP contribution >= 0.6 is 11.8 Å². The molecule has 16 heavy (non-hydrogen) atoms. The summed E-state index contributed by atoms with van der Waals surface area (Å²) in [6, 6.07) is 0. The number of ether oxygens (including phenoxy) is 1. The fraction of sp³-hybridized carbons (Fsp3) is 0.636. The zero-order valence-corrected chi connectivity index (χ0v) is 10.9. The molecule has 0 unspecified atom stereocenters. The van der Waals surface area contributed by atoms with E-state index in [1.165, 1.54) is 0 Å². The number of thioether (sulfide) groups is 1. The Bertz CT molecular complexity index is 344. The van der Waals surface area contributed by atoms with E-state index in [0.717, 1.165) is 40.6 Å². The number of aromatic nitrogens is 2. The van der Waals surface area contributed by atoms with Gasteiger partial charge in [0.05, 0.1) is 5.69 Å². The lowest BCUT2D eigenvalue weighted by Gasteiger charge is -2.10. The van der Waals surface area contributed by atoms with Crippen molar-refractivity contribution < 1.29 is 4.74 Å². The molecule has 1 aromatic heterocycles.